The molecule has 6 heteroatoms. The molecule has 0 atom stereocenters. The van der Waals surface area contributed by atoms with Crippen LogP contribution in [0.2, 0.25) is 0 Å². The van der Waals surface area contributed by atoms with Crippen LogP contribution in [0.4, 0.5) is 17.1 Å². The molecule has 4 aliphatic rings. The van der Waals surface area contributed by atoms with E-state index in [0.29, 0.717) is 0 Å². The SMILES string of the molecule is Cc1ccc(-c2ccc(N3c4ccc(-c5ccc(C)cc5)cc4B4c5cc(C)ccc5Oc5c4c3c3c4c5-n5c6ccc(-c7ccc(C)cc7)cc6c6cc(-c7ccc(C)cc7)cc(c65)B4c4cc(C)ccc4O3)cc2)cc1. The van der Waals surface area contributed by atoms with Crippen molar-refractivity contribution >= 4 is 85.1 Å². The van der Waals surface area contributed by atoms with Crippen LogP contribution in [-0.4, -0.2) is 18.0 Å². The first-order valence-electron chi connectivity index (χ1n) is 27.4. The highest BCUT2D eigenvalue weighted by Gasteiger charge is 2.51. The zero-order chi connectivity index (χ0) is 52.2. The van der Waals surface area contributed by atoms with Gasteiger partial charge in [0.15, 0.2) is 0 Å². The maximum absolute atomic E-state index is 7.75. The Kier molecular flexibility index (Phi) is 9.59. The van der Waals surface area contributed by atoms with Gasteiger partial charge in [-0.25, -0.2) is 0 Å². The maximum Gasteiger partial charge on any atom is 0.256 e. The molecule has 11 aromatic carbocycles. The fourth-order valence-corrected chi connectivity index (χ4v) is 13.4. The van der Waals surface area contributed by atoms with Gasteiger partial charge in [0.2, 0.25) is 0 Å². The van der Waals surface area contributed by atoms with Crippen molar-refractivity contribution in [3.63, 3.8) is 0 Å². The molecule has 0 bridgehead atoms. The summed E-state index contributed by atoms with van der Waals surface area (Å²) in [5, 5.41) is 2.42. The number of aryl methyl sites for hydroxylation is 6. The van der Waals surface area contributed by atoms with Crippen molar-refractivity contribution < 1.29 is 9.47 Å². The average Bonchev–Trinajstić information content (AvgIpc) is 3.81. The summed E-state index contributed by atoms with van der Waals surface area (Å²) in [5.41, 5.74) is 30.4. The van der Waals surface area contributed by atoms with Crippen molar-refractivity contribution in [1.29, 1.82) is 0 Å². The molecule has 0 aliphatic carbocycles. The van der Waals surface area contributed by atoms with Gasteiger partial charge >= 0.3 is 0 Å². The summed E-state index contributed by atoms with van der Waals surface area (Å²) < 4.78 is 18.0. The lowest BCUT2D eigenvalue weighted by Crippen LogP contribution is -2.63. The van der Waals surface area contributed by atoms with Crippen LogP contribution in [0.3, 0.4) is 0 Å². The van der Waals surface area contributed by atoms with E-state index in [1.54, 1.807) is 0 Å². The molecule has 4 nitrogen and oxygen atoms in total. The third-order valence-electron chi connectivity index (χ3n) is 17.3. The van der Waals surface area contributed by atoms with Crippen LogP contribution in [-0.2, 0) is 0 Å². The Labute approximate surface area is 456 Å². The molecule has 0 N–H and O–H groups in total. The predicted octanol–water partition coefficient (Wildman–Crippen LogP) is 14.6. The molecule has 0 unspecified atom stereocenters. The highest BCUT2D eigenvalue weighted by atomic mass is 16.5. The van der Waals surface area contributed by atoms with Crippen LogP contribution in [0.5, 0.6) is 23.0 Å². The van der Waals surface area contributed by atoms with Gasteiger partial charge in [-0.05, 0) is 156 Å². The zero-order valence-electron chi connectivity index (χ0n) is 44.5. The normalized spacial score (nSPS) is 13.1. The van der Waals surface area contributed by atoms with Gasteiger partial charge in [-0.2, -0.15) is 0 Å². The Morgan fingerprint density at radius 1 is 0.321 bits per heavy atom. The molecule has 1 aromatic heterocycles. The second-order valence-electron chi connectivity index (χ2n) is 22.5. The monoisotopic (exact) mass is 998 g/mol. The van der Waals surface area contributed by atoms with Gasteiger partial charge in [-0.15, -0.1) is 0 Å². The first-order chi connectivity index (χ1) is 38.1. The van der Waals surface area contributed by atoms with Crippen LogP contribution in [0.25, 0.3) is 72.0 Å². The molecule has 0 saturated heterocycles. The number of hydrogen-bond donors (Lipinski definition) is 0. The van der Waals surface area contributed by atoms with Crippen molar-refractivity contribution in [1.82, 2.24) is 4.57 Å². The summed E-state index contributed by atoms with van der Waals surface area (Å²) in [6, 6.07) is 77.5. The van der Waals surface area contributed by atoms with Crippen LogP contribution in [0, 0.1) is 41.5 Å². The summed E-state index contributed by atoms with van der Waals surface area (Å²) in [5.74, 6) is 3.49. The van der Waals surface area contributed by atoms with Gasteiger partial charge in [0, 0.05) is 38.6 Å². The number of nitrogens with zero attached hydrogens (tertiary/aromatic N) is 2. The fraction of sp³-hybridized carbons (Fsp3) is 0.0833. The minimum absolute atomic E-state index is 0.194. The molecule has 78 heavy (non-hydrogen) atoms. The minimum atomic E-state index is -0.195. The number of rotatable bonds is 5. The molecule has 0 fully saturated rings. The third kappa shape index (κ3) is 6.62. The van der Waals surface area contributed by atoms with Gasteiger partial charge < -0.3 is 18.9 Å². The molecule has 5 heterocycles. The Bertz CT molecular complexity index is 4540. The molecular formula is C72H52B2N2O2. The highest BCUT2D eigenvalue weighted by molar-refractivity contribution is 7.02. The molecule has 0 saturated carbocycles. The minimum Gasteiger partial charge on any atom is -0.456 e. The number of fused-ring (bicyclic) bond motifs is 13. The fourth-order valence-electron chi connectivity index (χ4n) is 13.4. The van der Waals surface area contributed by atoms with Crippen molar-refractivity contribution in [3.8, 4) is 73.2 Å². The first kappa shape index (κ1) is 45.0. The summed E-state index contributed by atoms with van der Waals surface area (Å²) in [6.45, 7) is 12.6. The van der Waals surface area contributed by atoms with E-state index in [1.165, 1.54) is 105 Å². The quantitative estimate of drug-likeness (QED) is 0.161. The Hall–Kier alpha value is -9.25. The Morgan fingerprint density at radius 3 is 1.29 bits per heavy atom. The lowest BCUT2D eigenvalue weighted by atomic mass is 9.31. The van der Waals surface area contributed by atoms with E-state index < -0.39 is 0 Å². The smallest absolute Gasteiger partial charge is 0.256 e. The van der Waals surface area contributed by atoms with Crippen LogP contribution in [0.15, 0.2) is 206 Å². The molecule has 368 valence electrons. The lowest BCUT2D eigenvalue weighted by Gasteiger charge is -2.45. The molecule has 0 radical (unpaired) electrons. The van der Waals surface area contributed by atoms with Crippen molar-refractivity contribution in [2.75, 3.05) is 4.90 Å². The maximum atomic E-state index is 7.75. The third-order valence-corrected chi connectivity index (χ3v) is 17.3. The van der Waals surface area contributed by atoms with E-state index in [0.717, 1.165) is 73.1 Å². The summed E-state index contributed by atoms with van der Waals surface area (Å²) >= 11 is 0. The van der Waals surface area contributed by atoms with Gasteiger partial charge in [0.05, 0.1) is 16.9 Å². The first-order valence-corrected chi connectivity index (χ1v) is 27.4. The van der Waals surface area contributed by atoms with E-state index in [2.05, 4.69) is 257 Å². The van der Waals surface area contributed by atoms with Gasteiger partial charge in [-0.1, -0.05) is 191 Å². The zero-order valence-corrected chi connectivity index (χ0v) is 44.5. The number of hydrogen-bond acceptors (Lipinski definition) is 3. The van der Waals surface area contributed by atoms with E-state index in [1.807, 2.05) is 0 Å². The van der Waals surface area contributed by atoms with E-state index in [4.69, 9.17) is 9.47 Å². The molecule has 4 aliphatic heterocycles. The lowest BCUT2D eigenvalue weighted by molar-refractivity contribution is 0.474. The second-order valence-corrected chi connectivity index (χ2v) is 22.5. The van der Waals surface area contributed by atoms with Crippen molar-refractivity contribution in [2.45, 2.75) is 41.5 Å². The van der Waals surface area contributed by atoms with Gasteiger partial charge in [-0.3, -0.25) is 0 Å². The largest absolute Gasteiger partial charge is 0.456 e. The standard InChI is InChI=1S/C72H52B2N2O2/c1-41-7-17-47(18-8-41)48-25-29-55(30-26-48)75-63-32-28-53(50-21-11-43(3)12-22-50)39-58(63)73-59-35-45(5)15-33-64(59)78-72-66(73)69(75)71-67-70(72)76-62-31-27-52(49-19-9-42(2)10-20-49)37-56(62)57-38-54(51-23-13-44(4)14-24-51)40-61(68(57)76)74(67)60-36-46(6)16-34-65(60)77-71/h7-40H,1-6H3. The van der Waals surface area contributed by atoms with Crippen molar-refractivity contribution in [2.24, 2.45) is 0 Å². The molecule has 0 amide bonds. The Balaban J connectivity index is 1.06. The van der Waals surface area contributed by atoms with E-state index >= 15 is 0 Å². The number of aromatic nitrogens is 1. The number of anilines is 3. The molecular weight excluding hydrogens is 946 g/mol. The second kappa shape index (κ2) is 16.6. The van der Waals surface area contributed by atoms with E-state index in [9.17, 15) is 0 Å². The number of benzene rings is 11. The predicted molar refractivity (Wildman–Crippen MR) is 328 cm³/mol. The molecule has 0 spiro atoms. The number of ether oxygens (including phenoxy) is 2. The molecule has 12 aromatic rings. The van der Waals surface area contributed by atoms with Gasteiger partial charge in [0.25, 0.3) is 13.4 Å². The average molecular weight is 999 g/mol. The van der Waals surface area contributed by atoms with Gasteiger partial charge in [0.1, 0.15) is 23.0 Å². The highest BCUT2D eigenvalue weighted by Crippen LogP contribution is 2.52. The van der Waals surface area contributed by atoms with Crippen LogP contribution in [0.1, 0.15) is 33.4 Å². The van der Waals surface area contributed by atoms with Crippen LogP contribution >= 0.6 is 0 Å². The summed E-state index contributed by atoms with van der Waals surface area (Å²) in [7, 11) is 0. The van der Waals surface area contributed by atoms with E-state index in [-0.39, 0.29) is 13.4 Å². The van der Waals surface area contributed by atoms with Crippen LogP contribution < -0.4 is 47.2 Å². The summed E-state index contributed by atoms with van der Waals surface area (Å²) in [6.07, 6.45) is 0. The Morgan fingerprint density at radius 2 is 0.731 bits per heavy atom. The topological polar surface area (TPSA) is 26.6 Å². The molecule has 16 rings (SSSR count). The van der Waals surface area contributed by atoms with Crippen molar-refractivity contribution in [3.05, 3.63) is 240 Å². The summed E-state index contributed by atoms with van der Waals surface area (Å²) in [4.78, 5) is 2.49.